The molecule has 0 atom stereocenters. The summed E-state index contributed by atoms with van der Waals surface area (Å²) in [7, 11) is 0. The van der Waals surface area contributed by atoms with Crippen LogP contribution in [0.5, 0.6) is 0 Å². The monoisotopic (exact) mass is 236 g/mol. The van der Waals surface area contributed by atoms with Crippen molar-refractivity contribution in [1.82, 2.24) is 0 Å². The molecular formula is C17H16O. The van der Waals surface area contributed by atoms with Crippen LogP contribution in [0.15, 0.2) is 42.0 Å². The maximum Gasteiger partial charge on any atom is 0.179 e. The Morgan fingerprint density at radius 2 is 1.78 bits per heavy atom. The Bertz CT molecular complexity index is 722. The zero-order chi connectivity index (χ0) is 12.9. The van der Waals surface area contributed by atoms with Gasteiger partial charge in [0.05, 0.1) is 0 Å². The van der Waals surface area contributed by atoms with Crippen LogP contribution in [0.1, 0.15) is 26.3 Å². The lowest BCUT2D eigenvalue weighted by atomic mass is 9.86. The van der Waals surface area contributed by atoms with Gasteiger partial charge in [0, 0.05) is 0 Å². The molecule has 0 spiro atoms. The van der Waals surface area contributed by atoms with Crippen LogP contribution in [0.3, 0.4) is 0 Å². The van der Waals surface area contributed by atoms with Gasteiger partial charge in [0.2, 0.25) is 0 Å². The maximum atomic E-state index is 11.4. The molecule has 2 aliphatic rings. The van der Waals surface area contributed by atoms with Crippen LogP contribution >= 0.6 is 0 Å². The first-order valence-electron chi connectivity index (χ1n) is 6.26. The second-order valence-corrected chi connectivity index (χ2v) is 5.95. The lowest BCUT2D eigenvalue weighted by molar-refractivity contribution is -0.110. The highest BCUT2D eigenvalue weighted by Crippen LogP contribution is 2.23. The van der Waals surface area contributed by atoms with E-state index in [-0.39, 0.29) is 11.2 Å². The number of rotatable bonds is 0. The van der Waals surface area contributed by atoms with E-state index in [0.717, 1.165) is 5.57 Å². The van der Waals surface area contributed by atoms with Gasteiger partial charge in [-0.3, -0.25) is 4.79 Å². The Balaban J connectivity index is 2.28. The summed E-state index contributed by atoms with van der Waals surface area (Å²) in [5, 5.41) is 2.46. The summed E-state index contributed by atoms with van der Waals surface area (Å²) >= 11 is 0. The van der Waals surface area contributed by atoms with Crippen molar-refractivity contribution in [2.75, 3.05) is 0 Å². The summed E-state index contributed by atoms with van der Waals surface area (Å²) < 4.78 is 0. The first kappa shape index (κ1) is 11.2. The largest absolute Gasteiger partial charge is 0.290 e. The number of hydrogen-bond donors (Lipinski definition) is 0. The van der Waals surface area contributed by atoms with E-state index in [1.165, 1.54) is 21.6 Å². The molecule has 0 amide bonds. The minimum atomic E-state index is 0.0776. The molecule has 1 aromatic carbocycles. The van der Waals surface area contributed by atoms with E-state index in [2.05, 4.69) is 45.0 Å². The summed E-state index contributed by atoms with van der Waals surface area (Å²) in [5.74, 6) is 0.0776. The van der Waals surface area contributed by atoms with Crippen LogP contribution < -0.4 is 10.4 Å². The third-order valence-corrected chi connectivity index (χ3v) is 3.54. The zero-order valence-electron chi connectivity index (χ0n) is 10.9. The fourth-order valence-corrected chi connectivity index (χ4v) is 2.47. The van der Waals surface area contributed by atoms with Crippen molar-refractivity contribution in [3.05, 3.63) is 58.0 Å². The lowest BCUT2D eigenvalue weighted by Gasteiger charge is -2.18. The van der Waals surface area contributed by atoms with Gasteiger partial charge in [0.1, 0.15) is 0 Å². The maximum absolute atomic E-state index is 11.4. The number of hydrogen-bond acceptors (Lipinski definition) is 1. The summed E-state index contributed by atoms with van der Waals surface area (Å²) in [4.78, 5) is 11.4. The van der Waals surface area contributed by atoms with Gasteiger partial charge in [-0.25, -0.2) is 0 Å². The minimum Gasteiger partial charge on any atom is -0.290 e. The third kappa shape index (κ3) is 1.67. The van der Waals surface area contributed by atoms with Crippen LogP contribution in [-0.2, 0) is 10.2 Å². The molecule has 0 radical (unpaired) electrons. The van der Waals surface area contributed by atoms with Gasteiger partial charge in [-0.1, -0.05) is 39.0 Å². The normalized spacial score (nSPS) is 17.2. The molecule has 2 aliphatic carbocycles. The van der Waals surface area contributed by atoms with Crippen molar-refractivity contribution in [1.29, 1.82) is 0 Å². The Hall–Kier alpha value is -1.89. The smallest absolute Gasteiger partial charge is 0.179 e. The minimum absolute atomic E-state index is 0.0776. The standard InChI is InChI=1S/C17H16O/c1-17(2,3)13-4-6-15-11(9-13)8-12-10-14(18)5-7-16(12)15/h4-10H,1-3H3. The number of allylic oxidation sites excluding steroid dienone is 4. The number of ketones is 1. The van der Waals surface area contributed by atoms with E-state index in [1.54, 1.807) is 12.2 Å². The highest BCUT2D eigenvalue weighted by Gasteiger charge is 2.17. The van der Waals surface area contributed by atoms with Gasteiger partial charge in [-0.05, 0) is 56.9 Å². The lowest BCUT2D eigenvalue weighted by Crippen LogP contribution is -2.26. The van der Waals surface area contributed by atoms with Gasteiger partial charge in [-0.2, -0.15) is 0 Å². The van der Waals surface area contributed by atoms with E-state index in [1.807, 2.05) is 6.08 Å². The highest BCUT2D eigenvalue weighted by atomic mass is 16.1. The fraction of sp³-hybridized carbons (Fsp3) is 0.235. The van der Waals surface area contributed by atoms with Crippen LogP contribution in [0, 0.1) is 0 Å². The number of carbonyl (C=O) groups is 1. The fourth-order valence-electron chi connectivity index (χ4n) is 2.47. The SMILES string of the molecule is CC(C)(C)c1ccc2c(c1)=CC1=CC(=O)C=CC=21. The molecule has 0 saturated heterocycles. The summed E-state index contributed by atoms with van der Waals surface area (Å²) in [6.45, 7) is 6.64. The first-order chi connectivity index (χ1) is 8.45. The Kier molecular flexibility index (Phi) is 2.21. The van der Waals surface area contributed by atoms with Crippen molar-refractivity contribution in [2.45, 2.75) is 26.2 Å². The number of benzene rings is 1. The molecule has 0 aliphatic heterocycles. The van der Waals surface area contributed by atoms with Crippen LogP contribution in [0.2, 0.25) is 0 Å². The van der Waals surface area contributed by atoms with Crippen LogP contribution in [0.25, 0.3) is 11.6 Å². The molecule has 0 saturated carbocycles. The van der Waals surface area contributed by atoms with E-state index < -0.39 is 0 Å². The first-order valence-corrected chi connectivity index (χ1v) is 6.26. The molecule has 1 aromatic rings. The summed E-state index contributed by atoms with van der Waals surface area (Å²) in [6, 6.07) is 6.59. The van der Waals surface area contributed by atoms with Gasteiger partial charge >= 0.3 is 0 Å². The van der Waals surface area contributed by atoms with E-state index in [9.17, 15) is 4.79 Å². The molecule has 1 nitrogen and oxygen atoms in total. The average Bonchev–Trinajstić information content (AvgIpc) is 2.63. The predicted molar refractivity (Wildman–Crippen MR) is 74.5 cm³/mol. The zero-order valence-corrected chi connectivity index (χ0v) is 10.9. The predicted octanol–water partition coefficient (Wildman–Crippen LogP) is 1.99. The molecule has 0 bridgehead atoms. The molecule has 1 heteroatoms. The topological polar surface area (TPSA) is 17.1 Å². The Labute approximate surface area is 107 Å². The molecule has 90 valence electrons. The van der Waals surface area contributed by atoms with Crippen LogP contribution in [-0.4, -0.2) is 5.78 Å². The van der Waals surface area contributed by atoms with E-state index in [4.69, 9.17) is 0 Å². The quantitative estimate of drug-likeness (QED) is 0.673. The molecule has 0 fully saturated rings. The second-order valence-electron chi connectivity index (χ2n) is 5.95. The van der Waals surface area contributed by atoms with Crippen molar-refractivity contribution in [3.63, 3.8) is 0 Å². The number of carbonyl (C=O) groups excluding carboxylic acids is 1. The molecule has 0 N–H and O–H groups in total. The molecule has 0 heterocycles. The average molecular weight is 236 g/mol. The number of fused-ring (bicyclic) bond motifs is 2. The molecule has 18 heavy (non-hydrogen) atoms. The van der Waals surface area contributed by atoms with Crippen molar-refractivity contribution in [2.24, 2.45) is 0 Å². The van der Waals surface area contributed by atoms with Crippen LogP contribution in [0.4, 0.5) is 0 Å². The van der Waals surface area contributed by atoms with Gasteiger partial charge in [0.25, 0.3) is 0 Å². The highest BCUT2D eigenvalue weighted by molar-refractivity contribution is 6.09. The summed E-state index contributed by atoms with van der Waals surface area (Å²) in [6.07, 6.45) is 7.39. The van der Waals surface area contributed by atoms with Gasteiger partial charge < -0.3 is 0 Å². The summed E-state index contributed by atoms with van der Waals surface area (Å²) in [5.41, 5.74) is 3.70. The second kappa shape index (κ2) is 3.55. The molecular weight excluding hydrogens is 220 g/mol. The van der Waals surface area contributed by atoms with E-state index in [0.29, 0.717) is 0 Å². The molecule has 0 unspecified atom stereocenters. The van der Waals surface area contributed by atoms with Crippen molar-refractivity contribution >= 4 is 17.4 Å². The van der Waals surface area contributed by atoms with Gasteiger partial charge in [0.15, 0.2) is 5.78 Å². The van der Waals surface area contributed by atoms with Crippen molar-refractivity contribution < 1.29 is 4.79 Å². The third-order valence-electron chi connectivity index (χ3n) is 3.54. The Morgan fingerprint density at radius 1 is 1.00 bits per heavy atom. The molecule has 0 aromatic heterocycles. The van der Waals surface area contributed by atoms with Crippen molar-refractivity contribution in [3.8, 4) is 0 Å². The Morgan fingerprint density at radius 3 is 2.50 bits per heavy atom. The van der Waals surface area contributed by atoms with E-state index >= 15 is 0 Å². The van der Waals surface area contributed by atoms with Gasteiger partial charge in [-0.15, -0.1) is 0 Å². The molecule has 3 rings (SSSR count).